The number of hydrogen-bond acceptors (Lipinski definition) is 1. The number of allylic oxidation sites excluding steroid dienone is 6. The molecular weight excluding hydrogens is 648 g/mol. The topological polar surface area (TPSA) is 17.1 Å². The molecule has 0 bridgehead atoms. The van der Waals surface area contributed by atoms with Crippen LogP contribution < -0.4 is 15.9 Å². The number of benzene rings is 7. The lowest BCUT2D eigenvalue weighted by Crippen LogP contribution is -2.29. The SMILES string of the molecule is O=P1(c2ccccc2)c2cc(C3=CC=CCC=C3)ccc2-c2cc3c(cc21)-c1ccc(-c2ccccc2)cc1C3(c1ccccc1)c1ccccc1. The molecule has 0 N–H and O–H groups in total. The molecule has 0 aromatic heterocycles. The Morgan fingerprint density at radius 3 is 1.77 bits per heavy atom. The van der Waals surface area contributed by atoms with Crippen LogP contribution in [0.15, 0.2) is 200 Å². The molecule has 2 aliphatic carbocycles. The van der Waals surface area contributed by atoms with Gasteiger partial charge in [-0.1, -0.05) is 176 Å². The van der Waals surface area contributed by atoms with Crippen molar-refractivity contribution in [3.8, 4) is 33.4 Å². The highest BCUT2D eigenvalue weighted by Gasteiger charge is 2.49. The van der Waals surface area contributed by atoms with Crippen molar-refractivity contribution in [2.75, 3.05) is 0 Å². The Kier molecular flexibility index (Phi) is 7.14. The minimum atomic E-state index is -3.25. The highest BCUT2D eigenvalue weighted by molar-refractivity contribution is 7.86. The van der Waals surface area contributed by atoms with Crippen molar-refractivity contribution in [1.82, 2.24) is 0 Å². The van der Waals surface area contributed by atoms with E-state index in [0.29, 0.717) is 0 Å². The standard InChI is InChI=1S/C50H35OP/c51-52(41-25-15-6-16-26-41)48-32-38(36-17-7-1-2-8-18-36)28-30-43(48)45-33-47-44(34-49(45)52)42-29-27-37(35-19-9-3-10-20-35)31-46(42)50(47,39-21-11-4-12-22-39)40-23-13-5-14-24-40/h1,3-34H,2H2. The van der Waals surface area contributed by atoms with Crippen LogP contribution in [0.2, 0.25) is 0 Å². The average Bonchev–Trinajstić information content (AvgIpc) is 3.44. The second kappa shape index (κ2) is 12.1. The fourth-order valence-electron chi connectivity index (χ4n) is 8.82. The Bertz CT molecular complexity index is 2610. The summed E-state index contributed by atoms with van der Waals surface area (Å²) in [5.41, 5.74) is 13.3. The van der Waals surface area contributed by atoms with E-state index >= 15 is 4.57 Å². The van der Waals surface area contributed by atoms with Gasteiger partial charge in [-0.3, -0.25) is 0 Å². The summed E-state index contributed by atoms with van der Waals surface area (Å²) in [5.74, 6) is 0. The lowest BCUT2D eigenvalue weighted by atomic mass is 9.67. The summed E-state index contributed by atoms with van der Waals surface area (Å²) in [7, 11) is -3.25. The molecule has 0 spiro atoms. The maximum Gasteiger partial charge on any atom is 0.172 e. The van der Waals surface area contributed by atoms with Crippen LogP contribution in [-0.2, 0) is 9.98 Å². The summed E-state index contributed by atoms with van der Waals surface area (Å²) in [6, 6.07) is 60.9. The molecule has 1 heterocycles. The molecule has 1 unspecified atom stereocenters. The first kappa shape index (κ1) is 30.8. The maximum atomic E-state index is 16.2. The minimum Gasteiger partial charge on any atom is -0.309 e. The van der Waals surface area contributed by atoms with Gasteiger partial charge in [-0.2, -0.15) is 0 Å². The van der Waals surface area contributed by atoms with Crippen molar-refractivity contribution in [2.24, 2.45) is 0 Å². The van der Waals surface area contributed by atoms with Crippen LogP contribution in [0.25, 0.3) is 39.0 Å². The predicted molar refractivity (Wildman–Crippen MR) is 218 cm³/mol. The molecule has 0 saturated carbocycles. The van der Waals surface area contributed by atoms with E-state index in [1.807, 2.05) is 30.3 Å². The third-order valence-electron chi connectivity index (χ3n) is 11.2. The monoisotopic (exact) mass is 682 g/mol. The van der Waals surface area contributed by atoms with Gasteiger partial charge >= 0.3 is 0 Å². The summed E-state index contributed by atoms with van der Waals surface area (Å²) >= 11 is 0. The first-order valence-corrected chi connectivity index (χ1v) is 19.7. The molecule has 52 heavy (non-hydrogen) atoms. The molecule has 0 radical (unpaired) electrons. The zero-order valence-corrected chi connectivity index (χ0v) is 29.5. The normalized spacial score (nSPS) is 17.4. The van der Waals surface area contributed by atoms with Crippen molar-refractivity contribution in [3.63, 3.8) is 0 Å². The van der Waals surface area contributed by atoms with Gasteiger partial charge in [0.2, 0.25) is 0 Å². The Morgan fingerprint density at radius 2 is 1.06 bits per heavy atom. The number of fused-ring (bicyclic) bond motifs is 6. The molecule has 1 atom stereocenters. The molecular formula is C50H35OP. The van der Waals surface area contributed by atoms with Crippen LogP contribution in [0, 0.1) is 0 Å². The summed E-state index contributed by atoms with van der Waals surface area (Å²) in [6.45, 7) is 0. The predicted octanol–water partition coefficient (Wildman–Crippen LogP) is 11.2. The maximum absolute atomic E-state index is 16.2. The Labute approximate surface area is 305 Å². The highest BCUT2D eigenvalue weighted by atomic mass is 31.2. The van der Waals surface area contributed by atoms with Gasteiger partial charge in [0.1, 0.15) is 0 Å². The van der Waals surface area contributed by atoms with Crippen molar-refractivity contribution in [1.29, 1.82) is 0 Å². The molecule has 7 aromatic rings. The minimum absolute atomic E-state index is 0.589. The van der Waals surface area contributed by atoms with Crippen LogP contribution in [0.1, 0.15) is 34.2 Å². The van der Waals surface area contributed by atoms with E-state index in [2.05, 4.69) is 170 Å². The molecule has 246 valence electrons. The summed E-state index contributed by atoms with van der Waals surface area (Å²) < 4.78 is 16.2. The molecule has 3 aliphatic rings. The molecule has 0 fully saturated rings. The smallest absolute Gasteiger partial charge is 0.172 e. The van der Waals surface area contributed by atoms with Gasteiger partial charge in [0.15, 0.2) is 7.14 Å². The lowest BCUT2D eigenvalue weighted by molar-refractivity contribution is 0.593. The lowest BCUT2D eigenvalue weighted by Gasteiger charge is -2.34. The van der Waals surface area contributed by atoms with Gasteiger partial charge in [0, 0.05) is 15.9 Å². The van der Waals surface area contributed by atoms with Gasteiger partial charge in [-0.15, -0.1) is 0 Å². The molecule has 2 heteroatoms. The van der Waals surface area contributed by atoms with E-state index in [0.717, 1.165) is 50.2 Å². The fraction of sp³-hybridized carbons (Fsp3) is 0.0400. The van der Waals surface area contributed by atoms with Gasteiger partial charge in [0.25, 0.3) is 0 Å². The largest absolute Gasteiger partial charge is 0.309 e. The third-order valence-corrected chi connectivity index (χ3v) is 14.3. The number of hydrogen-bond donors (Lipinski definition) is 0. The molecule has 7 aromatic carbocycles. The highest BCUT2D eigenvalue weighted by Crippen LogP contribution is 2.60. The Morgan fingerprint density at radius 1 is 0.462 bits per heavy atom. The molecule has 0 amide bonds. The molecule has 0 saturated heterocycles. The second-order valence-corrected chi connectivity index (χ2v) is 16.6. The van der Waals surface area contributed by atoms with Crippen LogP contribution in [0.4, 0.5) is 0 Å². The first-order chi connectivity index (χ1) is 25.7. The van der Waals surface area contributed by atoms with E-state index in [9.17, 15) is 0 Å². The average molecular weight is 683 g/mol. The van der Waals surface area contributed by atoms with E-state index in [1.165, 1.54) is 38.9 Å². The van der Waals surface area contributed by atoms with Crippen LogP contribution in [0.3, 0.4) is 0 Å². The van der Waals surface area contributed by atoms with Crippen LogP contribution in [0.5, 0.6) is 0 Å². The first-order valence-electron chi connectivity index (χ1n) is 18.0. The Balaban J connectivity index is 1.30. The fourth-order valence-corrected chi connectivity index (χ4v) is 11.9. The van der Waals surface area contributed by atoms with Crippen molar-refractivity contribution in [3.05, 3.63) is 228 Å². The van der Waals surface area contributed by atoms with Gasteiger partial charge in [-0.05, 0) is 97.5 Å². The van der Waals surface area contributed by atoms with E-state index < -0.39 is 12.6 Å². The van der Waals surface area contributed by atoms with Gasteiger partial charge < -0.3 is 4.57 Å². The molecule has 1 aliphatic heterocycles. The van der Waals surface area contributed by atoms with Gasteiger partial charge in [0.05, 0.1) is 5.41 Å². The zero-order valence-electron chi connectivity index (χ0n) is 28.6. The second-order valence-electron chi connectivity index (χ2n) is 13.9. The van der Waals surface area contributed by atoms with Crippen LogP contribution in [-0.4, -0.2) is 0 Å². The molecule has 10 rings (SSSR count). The summed E-state index contributed by atoms with van der Waals surface area (Å²) in [6.07, 6.45) is 11.7. The number of rotatable bonds is 5. The van der Waals surface area contributed by atoms with Crippen molar-refractivity contribution >= 4 is 28.6 Å². The van der Waals surface area contributed by atoms with Gasteiger partial charge in [-0.25, -0.2) is 0 Å². The van der Waals surface area contributed by atoms with Crippen molar-refractivity contribution < 1.29 is 4.57 Å². The van der Waals surface area contributed by atoms with E-state index in [1.54, 1.807) is 0 Å². The summed E-state index contributed by atoms with van der Waals surface area (Å²) in [5, 5.41) is 2.71. The Hall–Kier alpha value is -6.01. The summed E-state index contributed by atoms with van der Waals surface area (Å²) in [4.78, 5) is 0. The van der Waals surface area contributed by atoms with Crippen molar-refractivity contribution in [2.45, 2.75) is 11.8 Å². The molecule has 1 nitrogen and oxygen atoms in total. The van der Waals surface area contributed by atoms with E-state index in [-0.39, 0.29) is 0 Å². The third kappa shape index (κ3) is 4.46. The quantitative estimate of drug-likeness (QED) is 0.165. The zero-order chi connectivity index (χ0) is 34.7. The van der Waals surface area contributed by atoms with E-state index in [4.69, 9.17) is 0 Å². The van der Waals surface area contributed by atoms with Crippen LogP contribution >= 0.6 is 7.14 Å².